The van der Waals surface area contributed by atoms with Crippen molar-refractivity contribution >= 4 is 23.3 Å². The second kappa shape index (κ2) is 7.48. The first-order chi connectivity index (χ1) is 10.6. The molecule has 0 aromatic carbocycles. The first kappa shape index (κ1) is 15.9. The number of nitrogens with one attached hydrogen (secondary N) is 2. The summed E-state index contributed by atoms with van der Waals surface area (Å²) in [4.78, 5) is 15.9. The van der Waals surface area contributed by atoms with Gasteiger partial charge >= 0.3 is 0 Å². The maximum absolute atomic E-state index is 11.8. The number of anilines is 1. The van der Waals surface area contributed by atoms with Gasteiger partial charge in [0, 0.05) is 18.7 Å². The molecule has 2 N–H and O–H groups in total. The molecule has 0 aliphatic carbocycles. The predicted molar refractivity (Wildman–Crippen MR) is 82.8 cm³/mol. The number of pyridine rings is 1. The van der Waals surface area contributed by atoms with E-state index in [0.29, 0.717) is 36.1 Å². The molecule has 0 atom stereocenters. The van der Waals surface area contributed by atoms with Crippen molar-refractivity contribution in [3.63, 3.8) is 0 Å². The molecule has 0 spiro atoms. The molecule has 2 heterocycles. The molecular weight excluding hydrogens is 304 g/mol. The van der Waals surface area contributed by atoms with Gasteiger partial charge in [0.2, 0.25) is 0 Å². The van der Waals surface area contributed by atoms with Crippen molar-refractivity contribution in [3.05, 3.63) is 46.5 Å². The van der Waals surface area contributed by atoms with Crippen molar-refractivity contribution in [2.75, 3.05) is 18.4 Å². The highest BCUT2D eigenvalue weighted by Crippen LogP contribution is 2.15. The molecule has 2 aromatic rings. The van der Waals surface area contributed by atoms with Gasteiger partial charge in [0.25, 0.3) is 5.91 Å². The molecule has 1 amide bonds. The number of halogens is 1. The van der Waals surface area contributed by atoms with Crippen LogP contribution in [0.5, 0.6) is 0 Å². The predicted octanol–water partition coefficient (Wildman–Crippen LogP) is 2.74. The van der Waals surface area contributed by atoms with E-state index in [1.165, 1.54) is 6.26 Å². The number of amides is 1. The number of nitrogens with zero attached hydrogens (tertiary/aromatic N) is 2. The highest BCUT2D eigenvalue weighted by atomic mass is 35.5. The van der Waals surface area contributed by atoms with Crippen LogP contribution < -0.4 is 10.6 Å². The number of hydrogen-bond acceptors (Lipinski definition) is 5. The van der Waals surface area contributed by atoms with Crippen molar-refractivity contribution in [1.29, 1.82) is 5.26 Å². The number of nitriles is 1. The minimum Gasteiger partial charge on any atom is -0.459 e. The molecule has 0 saturated heterocycles. The lowest BCUT2D eigenvalue weighted by atomic mass is 10.2. The summed E-state index contributed by atoms with van der Waals surface area (Å²) in [6, 6.07) is 6.99. The second-order valence-corrected chi connectivity index (χ2v) is 5.01. The zero-order valence-corrected chi connectivity index (χ0v) is 12.8. The van der Waals surface area contributed by atoms with Crippen LogP contribution in [0.4, 0.5) is 5.82 Å². The van der Waals surface area contributed by atoms with Crippen LogP contribution in [0.25, 0.3) is 0 Å². The molecule has 0 unspecified atom stereocenters. The standard InChI is InChI=1S/C15H15ClN4O2/c1-10-5-8-22-14(10)15(21)19-7-2-6-18-13-4-3-11(16)12(9-17)20-13/h3-5,8H,2,6-7H2,1H3,(H,18,20)(H,19,21). The largest absolute Gasteiger partial charge is 0.459 e. The molecule has 7 heteroatoms. The Morgan fingerprint density at radius 3 is 2.91 bits per heavy atom. The normalized spacial score (nSPS) is 10.0. The third kappa shape index (κ3) is 3.99. The highest BCUT2D eigenvalue weighted by molar-refractivity contribution is 6.31. The summed E-state index contributed by atoms with van der Waals surface area (Å²) in [6.45, 7) is 2.93. The van der Waals surface area contributed by atoms with Crippen LogP contribution in [0.3, 0.4) is 0 Å². The Morgan fingerprint density at radius 1 is 1.41 bits per heavy atom. The zero-order chi connectivity index (χ0) is 15.9. The fourth-order valence-corrected chi connectivity index (χ4v) is 1.96. The smallest absolute Gasteiger partial charge is 0.287 e. The van der Waals surface area contributed by atoms with Crippen molar-refractivity contribution in [3.8, 4) is 6.07 Å². The number of aromatic nitrogens is 1. The molecular formula is C15H15ClN4O2. The molecule has 0 aliphatic rings. The van der Waals surface area contributed by atoms with E-state index in [4.69, 9.17) is 21.3 Å². The molecule has 0 aliphatic heterocycles. The number of rotatable bonds is 6. The molecule has 0 radical (unpaired) electrons. The van der Waals surface area contributed by atoms with Crippen LogP contribution >= 0.6 is 11.6 Å². The van der Waals surface area contributed by atoms with E-state index < -0.39 is 0 Å². The first-order valence-corrected chi connectivity index (χ1v) is 7.12. The van der Waals surface area contributed by atoms with Gasteiger partial charge in [0.05, 0.1) is 11.3 Å². The van der Waals surface area contributed by atoms with Gasteiger partial charge in [-0.15, -0.1) is 0 Å². The van der Waals surface area contributed by atoms with Gasteiger partial charge in [-0.25, -0.2) is 4.98 Å². The van der Waals surface area contributed by atoms with Gasteiger partial charge in [0.15, 0.2) is 11.5 Å². The number of aryl methyl sites for hydroxylation is 1. The van der Waals surface area contributed by atoms with Crippen LogP contribution in [0.1, 0.15) is 28.2 Å². The van der Waals surface area contributed by atoms with Gasteiger partial charge in [-0.3, -0.25) is 4.79 Å². The summed E-state index contributed by atoms with van der Waals surface area (Å²) in [5.74, 6) is 0.694. The van der Waals surface area contributed by atoms with Crippen molar-refractivity contribution in [2.24, 2.45) is 0 Å². The van der Waals surface area contributed by atoms with Gasteiger partial charge < -0.3 is 15.1 Å². The summed E-state index contributed by atoms with van der Waals surface area (Å²) in [7, 11) is 0. The molecule has 2 rings (SSSR count). The van der Waals surface area contributed by atoms with Crippen LogP contribution in [0, 0.1) is 18.3 Å². The summed E-state index contributed by atoms with van der Waals surface area (Å²) < 4.78 is 5.11. The van der Waals surface area contributed by atoms with Gasteiger partial charge in [-0.2, -0.15) is 5.26 Å². The fraction of sp³-hybridized carbons (Fsp3) is 0.267. The Morgan fingerprint density at radius 2 is 2.23 bits per heavy atom. The van der Waals surface area contributed by atoms with E-state index >= 15 is 0 Å². The molecule has 6 nitrogen and oxygen atoms in total. The Balaban J connectivity index is 1.73. The summed E-state index contributed by atoms with van der Waals surface area (Å²) in [6.07, 6.45) is 2.20. The van der Waals surface area contributed by atoms with Crippen molar-refractivity contribution in [2.45, 2.75) is 13.3 Å². The lowest BCUT2D eigenvalue weighted by molar-refractivity contribution is 0.0925. The van der Waals surface area contributed by atoms with Gasteiger partial charge in [-0.05, 0) is 31.5 Å². The van der Waals surface area contributed by atoms with E-state index in [2.05, 4.69) is 15.6 Å². The first-order valence-electron chi connectivity index (χ1n) is 6.74. The molecule has 0 fully saturated rings. The van der Waals surface area contributed by atoms with Crippen molar-refractivity contribution < 1.29 is 9.21 Å². The van der Waals surface area contributed by atoms with Gasteiger partial charge in [-0.1, -0.05) is 11.6 Å². The molecule has 114 valence electrons. The average Bonchev–Trinajstić information content (AvgIpc) is 2.94. The van der Waals surface area contributed by atoms with Crippen molar-refractivity contribution in [1.82, 2.24) is 10.3 Å². The SMILES string of the molecule is Cc1ccoc1C(=O)NCCCNc1ccc(Cl)c(C#N)n1. The maximum atomic E-state index is 11.8. The quantitative estimate of drug-likeness (QED) is 0.799. The third-order valence-corrected chi connectivity index (χ3v) is 3.27. The Kier molecular flexibility index (Phi) is 5.39. The maximum Gasteiger partial charge on any atom is 0.287 e. The lowest BCUT2D eigenvalue weighted by Crippen LogP contribution is -2.26. The monoisotopic (exact) mass is 318 g/mol. The van der Waals surface area contributed by atoms with Crippen LogP contribution in [-0.4, -0.2) is 24.0 Å². The molecule has 2 aromatic heterocycles. The molecule has 0 saturated carbocycles. The fourth-order valence-electron chi connectivity index (χ4n) is 1.81. The Bertz CT molecular complexity index is 706. The number of hydrogen-bond donors (Lipinski definition) is 2. The van der Waals surface area contributed by atoms with E-state index in [0.717, 1.165) is 5.56 Å². The van der Waals surface area contributed by atoms with E-state index in [-0.39, 0.29) is 11.6 Å². The zero-order valence-electron chi connectivity index (χ0n) is 12.0. The Labute approximate surface area is 133 Å². The summed E-state index contributed by atoms with van der Waals surface area (Å²) >= 11 is 5.81. The number of carbonyl (C=O) groups is 1. The van der Waals surface area contributed by atoms with Crippen LogP contribution in [-0.2, 0) is 0 Å². The number of carbonyl (C=O) groups excluding carboxylic acids is 1. The molecule has 22 heavy (non-hydrogen) atoms. The second-order valence-electron chi connectivity index (χ2n) is 4.61. The van der Waals surface area contributed by atoms with E-state index in [1.54, 1.807) is 18.2 Å². The van der Waals surface area contributed by atoms with E-state index in [9.17, 15) is 4.79 Å². The number of furan rings is 1. The third-order valence-electron chi connectivity index (χ3n) is 2.97. The minimum atomic E-state index is -0.223. The Hall–Kier alpha value is -2.52. The summed E-state index contributed by atoms with van der Waals surface area (Å²) in [5, 5.41) is 15.0. The van der Waals surface area contributed by atoms with Gasteiger partial charge in [0.1, 0.15) is 11.9 Å². The van der Waals surface area contributed by atoms with Crippen LogP contribution in [0.2, 0.25) is 5.02 Å². The summed E-state index contributed by atoms with van der Waals surface area (Å²) in [5.41, 5.74) is 0.998. The van der Waals surface area contributed by atoms with E-state index in [1.807, 2.05) is 13.0 Å². The lowest BCUT2D eigenvalue weighted by Gasteiger charge is -2.07. The average molecular weight is 319 g/mol. The highest BCUT2D eigenvalue weighted by Gasteiger charge is 2.11. The topological polar surface area (TPSA) is 91.0 Å². The minimum absolute atomic E-state index is 0.188. The molecule has 0 bridgehead atoms. The van der Waals surface area contributed by atoms with Crippen LogP contribution in [0.15, 0.2) is 28.9 Å².